The molecule has 0 aliphatic rings. The van der Waals surface area contributed by atoms with Gasteiger partial charge < -0.3 is 10.4 Å². The number of aryl methyl sites for hydroxylation is 1. The molecule has 0 bridgehead atoms. The van der Waals surface area contributed by atoms with E-state index in [9.17, 15) is 9.90 Å². The second-order valence-electron chi connectivity index (χ2n) is 5.88. The Morgan fingerprint density at radius 1 is 1.50 bits per heavy atom. The third-order valence-corrected chi connectivity index (χ3v) is 3.72. The Morgan fingerprint density at radius 2 is 2.10 bits per heavy atom. The van der Waals surface area contributed by atoms with Crippen molar-refractivity contribution >= 4 is 27.5 Å². The minimum Gasteiger partial charge on any atom is -0.389 e. The lowest BCUT2D eigenvalue weighted by molar-refractivity contribution is -0.121. The van der Waals surface area contributed by atoms with Gasteiger partial charge in [0, 0.05) is 11.0 Å². The molecule has 0 radical (unpaired) electrons. The number of hydrogen-bond acceptors (Lipinski definition) is 3. The van der Waals surface area contributed by atoms with Crippen LogP contribution in [0.25, 0.3) is 0 Å². The van der Waals surface area contributed by atoms with Gasteiger partial charge in [0.2, 0.25) is 5.91 Å². The second-order valence-corrected chi connectivity index (χ2v) is 6.73. The van der Waals surface area contributed by atoms with E-state index in [-0.39, 0.29) is 11.9 Å². The van der Waals surface area contributed by atoms with Crippen molar-refractivity contribution in [3.63, 3.8) is 0 Å². The van der Waals surface area contributed by atoms with E-state index < -0.39 is 5.60 Å². The summed E-state index contributed by atoms with van der Waals surface area (Å²) in [5.74, 6) is -0.0960. The van der Waals surface area contributed by atoms with Gasteiger partial charge >= 0.3 is 0 Å². The van der Waals surface area contributed by atoms with Gasteiger partial charge in [-0.15, -0.1) is 0 Å². The molecule has 1 amide bonds. The van der Waals surface area contributed by atoms with Crippen molar-refractivity contribution in [2.24, 2.45) is 0 Å². The molecular weight excluding hydrogens is 320 g/mol. The zero-order chi connectivity index (χ0) is 15.5. The van der Waals surface area contributed by atoms with Gasteiger partial charge in [-0.05, 0) is 68.4 Å². The van der Waals surface area contributed by atoms with Crippen LogP contribution in [0.1, 0.15) is 26.3 Å². The Bertz CT molecular complexity index is 483. The zero-order valence-electron chi connectivity index (χ0n) is 12.7. The maximum atomic E-state index is 12.2. The van der Waals surface area contributed by atoms with Crippen LogP contribution in [-0.2, 0) is 4.79 Å². The fraction of sp³-hybridized carbons (Fsp3) is 0.533. The molecule has 0 heterocycles. The minimum atomic E-state index is -0.826. The predicted octanol–water partition coefficient (Wildman–Crippen LogP) is 2.79. The van der Waals surface area contributed by atoms with E-state index in [0.717, 1.165) is 15.7 Å². The molecule has 0 aliphatic heterocycles. The maximum absolute atomic E-state index is 12.2. The van der Waals surface area contributed by atoms with Crippen molar-refractivity contribution in [1.29, 1.82) is 0 Å². The van der Waals surface area contributed by atoms with Crippen LogP contribution in [0.2, 0.25) is 0 Å². The number of carbonyl (C=O) groups excluding carboxylic acids is 1. The van der Waals surface area contributed by atoms with Gasteiger partial charge in [-0.2, -0.15) is 0 Å². The number of hydrogen-bond donors (Lipinski definition) is 2. The van der Waals surface area contributed by atoms with E-state index in [1.165, 1.54) is 0 Å². The molecule has 0 aromatic heterocycles. The maximum Gasteiger partial charge on any atom is 0.241 e. The fourth-order valence-corrected chi connectivity index (χ4v) is 2.50. The summed E-state index contributed by atoms with van der Waals surface area (Å²) in [6.45, 7) is 7.70. The molecule has 1 unspecified atom stereocenters. The van der Waals surface area contributed by atoms with Crippen molar-refractivity contribution in [3.05, 3.63) is 28.2 Å². The lowest BCUT2D eigenvalue weighted by Gasteiger charge is -2.29. The van der Waals surface area contributed by atoms with Gasteiger partial charge in [-0.1, -0.05) is 6.07 Å². The summed E-state index contributed by atoms with van der Waals surface area (Å²) in [6.07, 6.45) is 0. The first-order valence-corrected chi connectivity index (χ1v) is 7.39. The molecule has 5 heteroatoms. The minimum absolute atomic E-state index is 0.0960. The molecule has 1 aromatic rings. The Kier molecular flexibility index (Phi) is 5.74. The standard InChI is InChI=1S/C15H23BrN2O2/c1-10-6-7-13(12(16)8-10)17-14(19)11(2)18(5)9-15(3,4)20/h6-8,11,20H,9H2,1-5H3,(H,17,19). The van der Waals surface area contributed by atoms with Crippen LogP contribution in [0, 0.1) is 6.92 Å². The van der Waals surface area contributed by atoms with Gasteiger partial charge in [0.25, 0.3) is 0 Å². The van der Waals surface area contributed by atoms with Crippen LogP contribution in [-0.4, -0.2) is 41.1 Å². The molecule has 0 saturated heterocycles. The van der Waals surface area contributed by atoms with Crippen LogP contribution in [0.15, 0.2) is 22.7 Å². The third-order valence-electron chi connectivity index (χ3n) is 3.06. The lowest BCUT2D eigenvalue weighted by atomic mass is 10.1. The first-order valence-electron chi connectivity index (χ1n) is 6.60. The quantitative estimate of drug-likeness (QED) is 0.864. The summed E-state index contributed by atoms with van der Waals surface area (Å²) < 4.78 is 0.864. The molecule has 112 valence electrons. The highest BCUT2D eigenvalue weighted by Crippen LogP contribution is 2.23. The molecule has 20 heavy (non-hydrogen) atoms. The molecule has 2 N–H and O–H groups in total. The van der Waals surface area contributed by atoms with Gasteiger partial charge in [-0.3, -0.25) is 9.69 Å². The Balaban J connectivity index is 2.70. The van der Waals surface area contributed by atoms with E-state index >= 15 is 0 Å². The topological polar surface area (TPSA) is 52.6 Å². The molecule has 0 aliphatic carbocycles. The van der Waals surface area contributed by atoms with Crippen LogP contribution in [0.3, 0.4) is 0 Å². The van der Waals surface area contributed by atoms with E-state index in [2.05, 4.69) is 21.2 Å². The first kappa shape index (κ1) is 17.1. The fourth-order valence-electron chi connectivity index (χ4n) is 1.91. The van der Waals surface area contributed by atoms with E-state index in [4.69, 9.17) is 0 Å². The second kappa shape index (κ2) is 6.70. The third kappa shape index (κ3) is 5.23. The molecule has 1 atom stereocenters. The van der Waals surface area contributed by atoms with Crippen molar-refractivity contribution < 1.29 is 9.90 Å². The molecule has 0 fully saturated rings. The highest BCUT2D eigenvalue weighted by atomic mass is 79.9. The summed E-state index contributed by atoms with van der Waals surface area (Å²) in [6, 6.07) is 5.46. The summed E-state index contributed by atoms with van der Waals surface area (Å²) in [5.41, 5.74) is 1.06. The Hall–Kier alpha value is -0.910. The van der Waals surface area contributed by atoms with Gasteiger partial charge in [0.1, 0.15) is 0 Å². The SMILES string of the molecule is Cc1ccc(NC(=O)C(C)N(C)CC(C)(C)O)c(Br)c1. The van der Waals surface area contributed by atoms with E-state index in [1.54, 1.807) is 13.8 Å². The molecule has 0 spiro atoms. The number of nitrogens with zero attached hydrogens (tertiary/aromatic N) is 1. The summed E-state index contributed by atoms with van der Waals surface area (Å²) >= 11 is 3.44. The van der Waals surface area contributed by atoms with Crippen molar-refractivity contribution in [2.45, 2.75) is 39.3 Å². The van der Waals surface area contributed by atoms with Gasteiger partial charge in [0.05, 0.1) is 17.3 Å². The summed E-state index contributed by atoms with van der Waals surface area (Å²) in [7, 11) is 1.83. The number of nitrogens with one attached hydrogen (secondary N) is 1. The van der Waals surface area contributed by atoms with Crippen molar-refractivity contribution in [2.75, 3.05) is 18.9 Å². The number of amides is 1. The van der Waals surface area contributed by atoms with Crippen LogP contribution in [0.5, 0.6) is 0 Å². The number of likely N-dealkylation sites (N-methyl/N-ethyl adjacent to an activating group) is 1. The average molecular weight is 343 g/mol. The molecule has 4 nitrogen and oxygen atoms in total. The van der Waals surface area contributed by atoms with Crippen LogP contribution >= 0.6 is 15.9 Å². The number of rotatable bonds is 5. The number of anilines is 1. The lowest BCUT2D eigenvalue weighted by Crippen LogP contribution is -2.46. The number of halogens is 1. The highest BCUT2D eigenvalue weighted by molar-refractivity contribution is 9.10. The largest absolute Gasteiger partial charge is 0.389 e. The molecular formula is C15H23BrN2O2. The highest BCUT2D eigenvalue weighted by Gasteiger charge is 2.24. The summed E-state index contributed by atoms with van der Waals surface area (Å²) in [4.78, 5) is 14.1. The van der Waals surface area contributed by atoms with Crippen molar-refractivity contribution in [3.8, 4) is 0 Å². The predicted molar refractivity (Wildman–Crippen MR) is 85.9 cm³/mol. The summed E-state index contributed by atoms with van der Waals surface area (Å²) in [5, 5.41) is 12.7. The van der Waals surface area contributed by atoms with Crippen LogP contribution in [0.4, 0.5) is 5.69 Å². The number of benzene rings is 1. The molecule has 1 rings (SSSR count). The smallest absolute Gasteiger partial charge is 0.241 e. The Labute approximate surface area is 129 Å². The van der Waals surface area contributed by atoms with E-state index in [1.807, 2.05) is 44.0 Å². The number of aliphatic hydroxyl groups is 1. The Morgan fingerprint density at radius 3 is 2.60 bits per heavy atom. The van der Waals surface area contributed by atoms with Gasteiger partial charge in [-0.25, -0.2) is 0 Å². The normalized spacial score (nSPS) is 13.4. The van der Waals surface area contributed by atoms with Crippen molar-refractivity contribution in [1.82, 2.24) is 4.90 Å². The monoisotopic (exact) mass is 342 g/mol. The number of carbonyl (C=O) groups is 1. The van der Waals surface area contributed by atoms with E-state index in [0.29, 0.717) is 6.54 Å². The molecule has 0 saturated carbocycles. The first-order chi connectivity index (χ1) is 9.10. The average Bonchev–Trinajstić information content (AvgIpc) is 2.29. The molecule has 1 aromatic carbocycles. The zero-order valence-corrected chi connectivity index (χ0v) is 14.3. The van der Waals surface area contributed by atoms with Crippen LogP contribution < -0.4 is 5.32 Å². The van der Waals surface area contributed by atoms with Gasteiger partial charge in [0.15, 0.2) is 0 Å².